The molecule has 3 rings (SSSR count). The van der Waals surface area contributed by atoms with E-state index in [2.05, 4.69) is 32.9 Å². The van der Waals surface area contributed by atoms with Crippen LogP contribution >= 0.6 is 11.3 Å². The van der Waals surface area contributed by atoms with Gasteiger partial charge < -0.3 is 14.6 Å². The molecule has 130 valence electrons. The Balaban J connectivity index is 1.51. The molecule has 1 unspecified atom stereocenters. The van der Waals surface area contributed by atoms with Crippen molar-refractivity contribution in [1.29, 1.82) is 0 Å². The number of carbonyl (C=O) groups excluding carboxylic acids is 1. The summed E-state index contributed by atoms with van der Waals surface area (Å²) in [5.41, 5.74) is 0. The van der Waals surface area contributed by atoms with Gasteiger partial charge in [-0.2, -0.15) is 0 Å². The molecule has 0 aromatic carbocycles. The maximum atomic E-state index is 12.1. The number of carbonyl (C=O) groups is 1. The van der Waals surface area contributed by atoms with Gasteiger partial charge in [0.25, 0.3) is 0 Å². The lowest BCUT2D eigenvalue weighted by atomic mass is 10.2. The van der Waals surface area contributed by atoms with Crippen molar-refractivity contribution in [2.24, 2.45) is 0 Å². The van der Waals surface area contributed by atoms with Crippen molar-refractivity contribution >= 4 is 23.1 Å². The summed E-state index contributed by atoms with van der Waals surface area (Å²) in [6.07, 6.45) is 2.94. The topological polar surface area (TPSA) is 67.6 Å². The number of amides is 1. The minimum absolute atomic E-state index is 0.0492. The molecule has 24 heavy (non-hydrogen) atoms. The van der Waals surface area contributed by atoms with E-state index in [4.69, 9.17) is 9.26 Å². The number of anilines is 1. The molecule has 1 fully saturated rings. The maximum Gasteiger partial charge on any atom is 0.226 e. The standard InChI is InChI=1S/C17H23N3O3S/c1-13-10-16(19-23-13)18-17(21)6-7-20(11-14-4-2-8-22-14)12-15-5-3-9-24-15/h3,5,9-10,14H,2,4,6-8,11-12H2,1H3,(H,18,19,21). The molecule has 3 heterocycles. The summed E-state index contributed by atoms with van der Waals surface area (Å²) in [6.45, 7) is 5.07. The number of nitrogens with zero attached hydrogens (tertiary/aromatic N) is 2. The summed E-state index contributed by atoms with van der Waals surface area (Å²) in [5, 5.41) is 8.64. The van der Waals surface area contributed by atoms with E-state index in [0.717, 1.165) is 32.5 Å². The Labute approximate surface area is 145 Å². The fourth-order valence-electron chi connectivity index (χ4n) is 2.82. The summed E-state index contributed by atoms with van der Waals surface area (Å²) in [5.74, 6) is 1.11. The van der Waals surface area contributed by atoms with Crippen molar-refractivity contribution in [2.45, 2.75) is 38.8 Å². The average Bonchev–Trinajstić information content (AvgIpc) is 3.29. The van der Waals surface area contributed by atoms with Crippen LogP contribution in [0.2, 0.25) is 0 Å². The summed E-state index contributed by atoms with van der Waals surface area (Å²) >= 11 is 1.74. The summed E-state index contributed by atoms with van der Waals surface area (Å²) in [4.78, 5) is 15.7. The first kappa shape index (κ1) is 17.1. The predicted octanol–water partition coefficient (Wildman–Crippen LogP) is 3.05. The van der Waals surface area contributed by atoms with Gasteiger partial charge in [0.05, 0.1) is 6.10 Å². The van der Waals surface area contributed by atoms with Crippen molar-refractivity contribution in [3.05, 3.63) is 34.2 Å². The number of aromatic nitrogens is 1. The van der Waals surface area contributed by atoms with Gasteiger partial charge >= 0.3 is 0 Å². The number of rotatable bonds is 8. The Kier molecular flexibility index (Phi) is 6.01. The minimum Gasteiger partial charge on any atom is -0.377 e. The van der Waals surface area contributed by atoms with Crippen molar-refractivity contribution in [2.75, 3.05) is 25.0 Å². The van der Waals surface area contributed by atoms with Gasteiger partial charge in [-0.25, -0.2) is 0 Å². The van der Waals surface area contributed by atoms with Gasteiger partial charge in [-0.05, 0) is 31.2 Å². The molecule has 7 heteroatoms. The first-order valence-electron chi connectivity index (χ1n) is 8.28. The third kappa shape index (κ3) is 5.15. The van der Waals surface area contributed by atoms with Crippen LogP contribution in [0.15, 0.2) is 28.1 Å². The Morgan fingerprint density at radius 1 is 1.54 bits per heavy atom. The molecule has 6 nitrogen and oxygen atoms in total. The van der Waals surface area contributed by atoms with Crippen LogP contribution < -0.4 is 5.32 Å². The van der Waals surface area contributed by atoms with E-state index in [9.17, 15) is 4.79 Å². The van der Waals surface area contributed by atoms with Crippen molar-refractivity contribution in [3.63, 3.8) is 0 Å². The molecule has 2 aromatic heterocycles. The monoisotopic (exact) mass is 349 g/mol. The van der Waals surface area contributed by atoms with Gasteiger partial charge in [0.15, 0.2) is 5.82 Å². The molecule has 0 saturated carbocycles. The van der Waals surface area contributed by atoms with Crippen LogP contribution in [0.25, 0.3) is 0 Å². The quantitative estimate of drug-likeness (QED) is 0.793. The van der Waals surface area contributed by atoms with E-state index in [0.29, 0.717) is 24.5 Å². The largest absolute Gasteiger partial charge is 0.377 e. The van der Waals surface area contributed by atoms with Gasteiger partial charge in [0.2, 0.25) is 5.91 Å². The minimum atomic E-state index is -0.0492. The molecule has 1 aliphatic heterocycles. The highest BCUT2D eigenvalue weighted by atomic mass is 32.1. The Bertz CT molecular complexity index is 635. The molecule has 1 aliphatic rings. The van der Waals surface area contributed by atoms with E-state index in [-0.39, 0.29) is 12.0 Å². The highest BCUT2D eigenvalue weighted by molar-refractivity contribution is 7.09. The van der Waals surface area contributed by atoms with Crippen LogP contribution in [0.5, 0.6) is 0 Å². The molecule has 0 radical (unpaired) electrons. The number of thiophene rings is 1. The Hall–Kier alpha value is -1.70. The van der Waals surface area contributed by atoms with Gasteiger partial charge in [-0.3, -0.25) is 9.69 Å². The number of ether oxygens (including phenoxy) is 1. The first-order valence-corrected chi connectivity index (χ1v) is 9.16. The Morgan fingerprint density at radius 2 is 2.46 bits per heavy atom. The lowest BCUT2D eigenvalue weighted by Crippen LogP contribution is -2.34. The highest BCUT2D eigenvalue weighted by Gasteiger charge is 2.20. The van der Waals surface area contributed by atoms with Crippen LogP contribution in [0.1, 0.15) is 29.9 Å². The van der Waals surface area contributed by atoms with E-state index in [1.165, 1.54) is 4.88 Å². The highest BCUT2D eigenvalue weighted by Crippen LogP contribution is 2.17. The van der Waals surface area contributed by atoms with Crippen molar-refractivity contribution in [3.8, 4) is 0 Å². The third-order valence-electron chi connectivity index (χ3n) is 4.00. The second-order valence-electron chi connectivity index (χ2n) is 6.07. The van der Waals surface area contributed by atoms with Crippen molar-refractivity contribution < 1.29 is 14.1 Å². The molecule has 1 atom stereocenters. The number of hydrogen-bond acceptors (Lipinski definition) is 6. The fourth-order valence-corrected chi connectivity index (χ4v) is 3.57. The molecule has 0 spiro atoms. The summed E-state index contributed by atoms with van der Waals surface area (Å²) in [6, 6.07) is 5.91. The Morgan fingerprint density at radius 3 is 3.12 bits per heavy atom. The van der Waals surface area contributed by atoms with E-state index in [1.54, 1.807) is 24.3 Å². The average molecular weight is 349 g/mol. The molecule has 1 amide bonds. The summed E-state index contributed by atoms with van der Waals surface area (Å²) < 4.78 is 10.7. The maximum absolute atomic E-state index is 12.1. The zero-order valence-electron chi connectivity index (χ0n) is 13.9. The number of nitrogens with one attached hydrogen (secondary N) is 1. The lowest BCUT2D eigenvalue weighted by Gasteiger charge is -2.24. The lowest BCUT2D eigenvalue weighted by molar-refractivity contribution is -0.116. The fraction of sp³-hybridized carbons (Fsp3) is 0.529. The molecule has 1 saturated heterocycles. The molecule has 0 aliphatic carbocycles. The second kappa shape index (κ2) is 8.41. The summed E-state index contributed by atoms with van der Waals surface area (Å²) in [7, 11) is 0. The van der Waals surface area contributed by atoms with Crippen molar-refractivity contribution in [1.82, 2.24) is 10.1 Å². The zero-order valence-corrected chi connectivity index (χ0v) is 14.7. The van der Waals surface area contributed by atoms with Gasteiger partial charge in [0.1, 0.15) is 5.76 Å². The molecular formula is C17H23N3O3S. The van der Waals surface area contributed by atoms with E-state index in [1.807, 2.05) is 0 Å². The van der Waals surface area contributed by atoms with Gasteiger partial charge in [-0.1, -0.05) is 11.2 Å². The smallest absolute Gasteiger partial charge is 0.226 e. The van der Waals surface area contributed by atoms with Crippen LogP contribution in [-0.4, -0.2) is 41.8 Å². The molecular weight excluding hydrogens is 326 g/mol. The van der Waals surface area contributed by atoms with Gasteiger partial charge in [0, 0.05) is 43.6 Å². The zero-order chi connectivity index (χ0) is 16.8. The third-order valence-corrected chi connectivity index (χ3v) is 4.86. The van der Waals surface area contributed by atoms with Crippen LogP contribution in [0.4, 0.5) is 5.82 Å². The molecule has 0 bridgehead atoms. The predicted molar refractivity (Wildman–Crippen MR) is 93.1 cm³/mol. The number of aryl methyl sites for hydroxylation is 1. The molecule has 1 N–H and O–H groups in total. The van der Waals surface area contributed by atoms with E-state index >= 15 is 0 Å². The van der Waals surface area contributed by atoms with Gasteiger partial charge in [-0.15, -0.1) is 11.3 Å². The van der Waals surface area contributed by atoms with Crippen LogP contribution in [0, 0.1) is 6.92 Å². The first-order chi connectivity index (χ1) is 11.7. The second-order valence-corrected chi connectivity index (χ2v) is 7.10. The van der Waals surface area contributed by atoms with Crippen LogP contribution in [0.3, 0.4) is 0 Å². The number of hydrogen-bond donors (Lipinski definition) is 1. The molecule has 2 aromatic rings. The van der Waals surface area contributed by atoms with Crippen LogP contribution in [-0.2, 0) is 16.1 Å². The SMILES string of the molecule is Cc1cc(NC(=O)CCN(Cc2cccs2)CC2CCCO2)no1. The normalized spacial score (nSPS) is 17.5. The van der Waals surface area contributed by atoms with E-state index < -0.39 is 0 Å².